The molecule has 0 saturated heterocycles. The average Bonchev–Trinajstić information content (AvgIpc) is 2.63. The molecule has 3 rings (SSSR count). The van der Waals surface area contributed by atoms with Crippen LogP contribution in [0.4, 0.5) is 0 Å². The van der Waals surface area contributed by atoms with E-state index in [0.29, 0.717) is 5.75 Å². The first kappa shape index (κ1) is 18.3. The molecule has 26 heavy (non-hydrogen) atoms. The van der Waals surface area contributed by atoms with Crippen LogP contribution in [0, 0.1) is 12.3 Å². The molecule has 0 aromatic heterocycles. The van der Waals surface area contributed by atoms with E-state index in [1.807, 2.05) is 6.07 Å². The lowest BCUT2D eigenvalue weighted by Gasteiger charge is -2.28. The third kappa shape index (κ3) is 4.37. The normalized spacial score (nSPS) is 15.7. The predicted molar refractivity (Wildman–Crippen MR) is 105 cm³/mol. The van der Waals surface area contributed by atoms with Crippen molar-refractivity contribution in [3.8, 4) is 11.5 Å². The van der Waals surface area contributed by atoms with Gasteiger partial charge in [-0.1, -0.05) is 50.1 Å². The highest BCUT2D eigenvalue weighted by molar-refractivity contribution is 5.82. The van der Waals surface area contributed by atoms with Crippen molar-refractivity contribution in [2.45, 2.75) is 52.1 Å². The zero-order valence-electron chi connectivity index (χ0n) is 15.7. The Balaban J connectivity index is 1.77. The predicted octanol–water partition coefficient (Wildman–Crippen LogP) is 4.39. The maximum absolute atomic E-state index is 7.63. The molecule has 2 aromatic rings. The summed E-state index contributed by atoms with van der Waals surface area (Å²) in [6, 6.07) is 12.9. The summed E-state index contributed by atoms with van der Waals surface area (Å²) in [7, 11) is 0. The van der Waals surface area contributed by atoms with Crippen LogP contribution in [0.3, 0.4) is 0 Å². The lowest BCUT2D eigenvalue weighted by Crippen LogP contribution is -2.40. The maximum atomic E-state index is 7.63. The minimum Gasteiger partial charge on any atom is -0.485 e. The SMILES string of the molecule is CCCCCc1ccc(Cc2cc(C)cc3c2OC(C(=N)N)CO3)cc1. The monoisotopic (exact) mass is 352 g/mol. The number of hydrogen-bond acceptors (Lipinski definition) is 3. The van der Waals surface area contributed by atoms with Crippen molar-refractivity contribution < 1.29 is 9.47 Å². The molecule has 3 N–H and O–H groups in total. The molecule has 1 atom stereocenters. The summed E-state index contributed by atoms with van der Waals surface area (Å²) in [4.78, 5) is 0. The van der Waals surface area contributed by atoms with Crippen molar-refractivity contribution in [2.75, 3.05) is 6.61 Å². The molecule has 1 aliphatic rings. The summed E-state index contributed by atoms with van der Waals surface area (Å²) < 4.78 is 11.8. The largest absolute Gasteiger partial charge is 0.485 e. The first-order chi connectivity index (χ1) is 12.6. The summed E-state index contributed by atoms with van der Waals surface area (Å²) in [6.07, 6.45) is 5.19. The average molecular weight is 352 g/mol. The molecule has 0 amide bonds. The van der Waals surface area contributed by atoms with Crippen molar-refractivity contribution in [2.24, 2.45) is 5.73 Å². The minimum atomic E-state index is -0.509. The summed E-state index contributed by atoms with van der Waals surface area (Å²) in [6.45, 7) is 4.58. The zero-order valence-corrected chi connectivity index (χ0v) is 15.7. The molecular formula is C22H28N2O2. The lowest BCUT2D eigenvalue weighted by molar-refractivity contribution is 0.132. The number of rotatable bonds is 7. The highest BCUT2D eigenvalue weighted by atomic mass is 16.6. The van der Waals surface area contributed by atoms with E-state index in [2.05, 4.69) is 44.2 Å². The van der Waals surface area contributed by atoms with Crippen molar-refractivity contribution in [1.29, 1.82) is 5.41 Å². The molecule has 4 nitrogen and oxygen atoms in total. The van der Waals surface area contributed by atoms with Gasteiger partial charge in [-0.3, -0.25) is 5.41 Å². The standard InChI is InChI=1S/C22H28N2O2/c1-3-4-5-6-16-7-9-17(10-8-16)13-18-11-15(2)12-19-21(18)26-20(14-25-19)22(23)24/h7-12,20H,3-6,13-14H2,1-2H3,(H3,23,24). The quantitative estimate of drug-likeness (QED) is 0.441. The van der Waals surface area contributed by atoms with Gasteiger partial charge in [-0.25, -0.2) is 0 Å². The molecule has 0 spiro atoms. The van der Waals surface area contributed by atoms with Gasteiger partial charge in [-0.05, 0) is 42.5 Å². The van der Waals surface area contributed by atoms with Crippen LogP contribution in [0.1, 0.15) is 48.4 Å². The molecule has 0 radical (unpaired) electrons. The second-order valence-corrected chi connectivity index (χ2v) is 7.07. The third-order valence-corrected chi connectivity index (χ3v) is 4.76. The molecule has 0 bridgehead atoms. The van der Waals surface area contributed by atoms with Crippen molar-refractivity contribution in [3.05, 3.63) is 58.7 Å². The van der Waals surface area contributed by atoms with Gasteiger partial charge in [0.2, 0.25) is 0 Å². The van der Waals surface area contributed by atoms with Crippen LogP contribution in [0.5, 0.6) is 11.5 Å². The topological polar surface area (TPSA) is 68.3 Å². The van der Waals surface area contributed by atoms with E-state index in [9.17, 15) is 0 Å². The summed E-state index contributed by atoms with van der Waals surface area (Å²) in [5, 5.41) is 7.63. The van der Waals surface area contributed by atoms with Crippen LogP contribution < -0.4 is 15.2 Å². The van der Waals surface area contributed by atoms with Gasteiger partial charge < -0.3 is 15.2 Å². The van der Waals surface area contributed by atoms with Crippen LogP contribution in [-0.2, 0) is 12.8 Å². The van der Waals surface area contributed by atoms with Crippen molar-refractivity contribution >= 4 is 5.84 Å². The molecule has 1 unspecified atom stereocenters. The van der Waals surface area contributed by atoms with Crippen LogP contribution in [-0.4, -0.2) is 18.5 Å². The second kappa shape index (κ2) is 8.26. The molecule has 2 aromatic carbocycles. The fraction of sp³-hybridized carbons (Fsp3) is 0.409. The number of amidine groups is 1. The van der Waals surface area contributed by atoms with Gasteiger partial charge in [-0.15, -0.1) is 0 Å². The first-order valence-corrected chi connectivity index (χ1v) is 9.41. The smallest absolute Gasteiger partial charge is 0.189 e. The van der Waals surface area contributed by atoms with Gasteiger partial charge in [0, 0.05) is 12.0 Å². The fourth-order valence-corrected chi connectivity index (χ4v) is 3.30. The Hall–Kier alpha value is -2.49. The van der Waals surface area contributed by atoms with Gasteiger partial charge in [0.1, 0.15) is 12.4 Å². The molecule has 138 valence electrons. The first-order valence-electron chi connectivity index (χ1n) is 9.41. The Bertz CT molecular complexity index is 768. The Morgan fingerprint density at radius 2 is 1.88 bits per heavy atom. The number of benzene rings is 2. The van der Waals surface area contributed by atoms with E-state index in [4.69, 9.17) is 20.6 Å². The minimum absolute atomic E-state index is 0.00129. The number of aryl methyl sites for hydroxylation is 2. The molecule has 0 fully saturated rings. The fourth-order valence-electron chi connectivity index (χ4n) is 3.30. The molecule has 0 saturated carbocycles. The van der Waals surface area contributed by atoms with Crippen molar-refractivity contribution in [1.82, 2.24) is 0 Å². The lowest BCUT2D eigenvalue weighted by atomic mass is 9.99. The highest BCUT2D eigenvalue weighted by Crippen LogP contribution is 2.37. The van der Waals surface area contributed by atoms with Gasteiger partial charge in [0.15, 0.2) is 17.6 Å². The van der Waals surface area contributed by atoms with Crippen molar-refractivity contribution in [3.63, 3.8) is 0 Å². The molecule has 1 aliphatic heterocycles. The van der Waals surface area contributed by atoms with E-state index in [-0.39, 0.29) is 12.4 Å². The summed E-state index contributed by atoms with van der Waals surface area (Å²) in [5.41, 5.74) is 10.4. The number of unbranched alkanes of at least 4 members (excludes halogenated alkanes) is 2. The van der Waals surface area contributed by atoms with E-state index in [1.54, 1.807) is 0 Å². The van der Waals surface area contributed by atoms with Crippen LogP contribution in [0.25, 0.3) is 0 Å². The maximum Gasteiger partial charge on any atom is 0.189 e. The Kier molecular flexibility index (Phi) is 5.82. The molecule has 1 heterocycles. The van der Waals surface area contributed by atoms with E-state index in [1.165, 1.54) is 30.4 Å². The van der Waals surface area contributed by atoms with Gasteiger partial charge in [0.25, 0.3) is 0 Å². The van der Waals surface area contributed by atoms with Crippen LogP contribution in [0.2, 0.25) is 0 Å². The Morgan fingerprint density at radius 1 is 1.15 bits per heavy atom. The Labute approximate surface area is 155 Å². The Morgan fingerprint density at radius 3 is 2.58 bits per heavy atom. The third-order valence-electron chi connectivity index (χ3n) is 4.76. The van der Waals surface area contributed by atoms with Gasteiger partial charge in [-0.2, -0.15) is 0 Å². The molecule has 4 heteroatoms. The highest BCUT2D eigenvalue weighted by Gasteiger charge is 2.26. The zero-order chi connectivity index (χ0) is 18.5. The summed E-state index contributed by atoms with van der Waals surface area (Å²) in [5.74, 6) is 1.46. The number of fused-ring (bicyclic) bond motifs is 1. The second-order valence-electron chi connectivity index (χ2n) is 7.07. The summed E-state index contributed by atoms with van der Waals surface area (Å²) >= 11 is 0. The number of nitrogens with two attached hydrogens (primary N) is 1. The van der Waals surface area contributed by atoms with Crippen LogP contribution in [0.15, 0.2) is 36.4 Å². The van der Waals surface area contributed by atoms with E-state index >= 15 is 0 Å². The molecular weight excluding hydrogens is 324 g/mol. The number of nitrogens with one attached hydrogen (secondary N) is 1. The van der Waals surface area contributed by atoms with E-state index in [0.717, 1.165) is 29.7 Å². The number of ether oxygens (including phenoxy) is 2. The van der Waals surface area contributed by atoms with Gasteiger partial charge in [0.05, 0.1) is 0 Å². The van der Waals surface area contributed by atoms with Gasteiger partial charge >= 0.3 is 0 Å². The molecule has 0 aliphatic carbocycles. The van der Waals surface area contributed by atoms with E-state index < -0.39 is 6.10 Å². The van der Waals surface area contributed by atoms with Crippen LogP contribution >= 0.6 is 0 Å². The number of hydrogen-bond donors (Lipinski definition) is 2.